The summed E-state index contributed by atoms with van der Waals surface area (Å²) in [6.45, 7) is 1.94. The highest BCUT2D eigenvalue weighted by molar-refractivity contribution is 6.36. The van der Waals surface area contributed by atoms with E-state index in [4.69, 9.17) is 34.8 Å². The third-order valence-corrected chi connectivity index (χ3v) is 4.07. The lowest BCUT2D eigenvalue weighted by molar-refractivity contribution is 1.22. The quantitative estimate of drug-likeness (QED) is 0.547. The first kappa shape index (κ1) is 13.6. The molecule has 0 spiro atoms. The summed E-state index contributed by atoms with van der Waals surface area (Å²) in [5, 5.41) is 2.33. The number of nitrogens with zero attached hydrogens (tertiary/aromatic N) is 2. The fourth-order valence-electron chi connectivity index (χ4n) is 2.00. The van der Waals surface area contributed by atoms with Crippen molar-refractivity contribution < 1.29 is 0 Å². The molecule has 0 aliphatic carbocycles. The minimum Gasteiger partial charge on any atom is -0.228 e. The molecule has 0 atom stereocenters. The Hall–Kier alpha value is -1.35. The average Bonchev–Trinajstić information content (AvgIpc) is 2.42. The molecule has 0 aliphatic rings. The van der Waals surface area contributed by atoms with Crippen LogP contribution in [0.2, 0.25) is 15.2 Å². The summed E-state index contributed by atoms with van der Waals surface area (Å²) in [4.78, 5) is 8.84. The van der Waals surface area contributed by atoms with E-state index in [1.165, 1.54) is 0 Å². The number of aryl methyl sites for hydroxylation is 1. The van der Waals surface area contributed by atoms with E-state index < -0.39 is 0 Å². The second-order valence-corrected chi connectivity index (χ2v) is 5.61. The van der Waals surface area contributed by atoms with Crippen LogP contribution in [0, 0.1) is 6.92 Å². The summed E-state index contributed by atoms with van der Waals surface area (Å²) < 4.78 is 0. The van der Waals surface area contributed by atoms with Crippen LogP contribution in [0.4, 0.5) is 0 Å². The SMILES string of the molecule is Cc1cccc(-c2nc(Cl)c3cc(Cl)ccc3n2)c1Cl. The molecule has 0 fully saturated rings. The van der Waals surface area contributed by atoms with Crippen molar-refractivity contribution >= 4 is 45.7 Å². The van der Waals surface area contributed by atoms with Crippen molar-refractivity contribution in [2.45, 2.75) is 6.92 Å². The van der Waals surface area contributed by atoms with Gasteiger partial charge in [0.2, 0.25) is 0 Å². The van der Waals surface area contributed by atoms with Crippen LogP contribution in [0.1, 0.15) is 5.56 Å². The second kappa shape index (κ2) is 5.21. The van der Waals surface area contributed by atoms with Crippen molar-refractivity contribution in [3.8, 4) is 11.4 Å². The van der Waals surface area contributed by atoms with E-state index in [-0.39, 0.29) is 0 Å². The fraction of sp³-hybridized carbons (Fsp3) is 0.0667. The van der Waals surface area contributed by atoms with Gasteiger partial charge in [-0.25, -0.2) is 9.97 Å². The molecular formula is C15H9Cl3N2. The number of benzene rings is 2. The smallest absolute Gasteiger partial charge is 0.163 e. The molecule has 0 N–H and O–H groups in total. The van der Waals surface area contributed by atoms with E-state index in [1.807, 2.05) is 31.2 Å². The summed E-state index contributed by atoms with van der Waals surface area (Å²) in [6.07, 6.45) is 0. The topological polar surface area (TPSA) is 25.8 Å². The van der Waals surface area contributed by atoms with Crippen LogP contribution < -0.4 is 0 Å². The molecule has 1 heterocycles. The van der Waals surface area contributed by atoms with Gasteiger partial charge in [-0.3, -0.25) is 0 Å². The number of fused-ring (bicyclic) bond motifs is 1. The van der Waals surface area contributed by atoms with E-state index in [0.717, 1.165) is 22.0 Å². The molecule has 0 aliphatic heterocycles. The third kappa shape index (κ3) is 2.35. The predicted molar refractivity (Wildman–Crippen MR) is 84.7 cm³/mol. The Kier molecular flexibility index (Phi) is 3.55. The number of rotatable bonds is 1. The Balaban J connectivity index is 2.28. The van der Waals surface area contributed by atoms with Crippen LogP contribution in [-0.2, 0) is 0 Å². The Bertz CT molecular complexity index is 816. The van der Waals surface area contributed by atoms with Gasteiger partial charge in [0.1, 0.15) is 5.15 Å². The lowest BCUT2D eigenvalue weighted by atomic mass is 10.1. The summed E-state index contributed by atoms with van der Waals surface area (Å²) in [7, 11) is 0. The highest BCUT2D eigenvalue weighted by Gasteiger charge is 2.12. The summed E-state index contributed by atoms with van der Waals surface area (Å²) in [6, 6.07) is 11.1. The first-order valence-electron chi connectivity index (χ1n) is 5.94. The van der Waals surface area contributed by atoms with E-state index in [2.05, 4.69) is 9.97 Å². The van der Waals surface area contributed by atoms with Crippen molar-refractivity contribution in [1.82, 2.24) is 9.97 Å². The van der Waals surface area contributed by atoms with Crippen LogP contribution in [0.5, 0.6) is 0 Å². The van der Waals surface area contributed by atoms with Crippen molar-refractivity contribution in [2.24, 2.45) is 0 Å². The van der Waals surface area contributed by atoms with Gasteiger partial charge in [0, 0.05) is 16.0 Å². The van der Waals surface area contributed by atoms with Gasteiger partial charge in [-0.1, -0.05) is 46.9 Å². The standard InChI is InChI=1S/C15H9Cl3N2/c1-8-3-2-4-10(13(8)17)15-19-12-6-5-9(16)7-11(12)14(18)20-15/h2-7H,1H3. The average molecular weight is 324 g/mol. The maximum atomic E-state index is 6.31. The molecule has 0 radical (unpaired) electrons. The van der Waals surface area contributed by atoms with E-state index >= 15 is 0 Å². The van der Waals surface area contributed by atoms with Gasteiger partial charge in [0.25, 0.3) is 0 Å². The van der Waals surface area contributed by atoms with Crippen molar-refractivity contribution in [3.63, 3.8) is 0 Å². The molecule has 3 rings (SSSR count). The molecule has 3 aromatic rings. The van der Waals surface area contributed by atoms with Crippen molar-refractivity contribution in [2.75, 3.05) is 0 Å². The zero-order valence-corrected chi connectivity index (χ0v) is 12.8. The van der Waals surface area contributed by atoms with Crippen molar-refractivity contribution in [1.29, 1.82) is 0 Å². The molecule has 0 unspecified atom stereocenters. The number of halogens is 3. The van der Waals surface area contributed by atoms with E-state index in [9.17, 15) is 0 Å². The first-order chi connectivity index (χ1) is 9.56. The highest BCUT2D eigenvalue weighted by atomic mass is 35.5. The van der Waals surface area contributed by atoms with Crippen LogP contribution in [0.3, 0.4) is 0 Å². The van der Waals surface area contributed by atoms with Gasteiger partial charge in [-0.05, 0) is 36.8 Å². The largest absolute Gasteiger partial charge is 0.228 e. The molecule has 20 heavy (non-hydrogen) atoms. The number of hydrogen-bond donors (Lipinski definition) is 0. The lowest BCUT2D eigenvalue weighted by Crippen LogP contribution is -1.93. The van der Waals surface area contributed by atoms with Crippen LogP contribution in [0.25, 0.3) is 22.3 Å². The Morgan fingerprint density at radius 1 is 0.950 bits per heavy atom. The maximum Gasteiger partial charge on any atom is 0.163 e. The number of aromatic nitrogens is 2. The Morgan fingerprint density at radius 3 is 2.55 bits per heavy atom. The normalized spacial score (nSPS) is 11.0. The monoisotopic (exact) mass is 322 g/mol. The van der Waals surface area contributed by atoms with E-state index in [0.29, 0.717) is 21.0 Å². The number of hydrogen-bond acceptors (Lipinski definition) is 2. The third-order valence-electron chi connectivity index (χ3n) is 3.04. The second-order valence-electron chi connectivity index (χ2n) is 4.44. The maximum absolute atomic E-state index is 6.31. The van der Waals surface area contributed by atoms with Crippen LogP contribution in [0.15, 0.2) is 36.4 Å². The van der Waals surface area contributed by atoms with Gasteiger partial charge < -0.3 is 0 Å². The van der Waals surface area contributed by atoms with Gasteiger partial charge in [-0.15, -0.1) is 0 Å². The lowest BCUT2D eigenvalue weighted by Gasteiger charge is -2.08. The predicted octanol–water partition coefficient (Wildman–Crippen LogP) is 5.57. The summed E-state index contributed by atoms with van der Waals surface area (Å²) in [5.41, 5.74) is 2.48. The minimum absolute atomic E-state index is 0.366. The Labute approximate surface area is 131 Å². The highest BCUT2D eigenvalue weighted by Crippen LogP contribution is 2.31. The molecule has 2 nitrogen and oxygen atoms in total. The molecule has 5 heteroatoms. The fourth-order valence-corrected chi connectivity index (χ4v) is 2.62. The molecule has 0 saturated heterocycles. The summed E-state index contributed by atoms with van der Waals surface area (Å²) in [5.74, 6) is 0.513. The molecular weight excluding hydrogens is 315 g/mol. The molecule has 0 bridgehead atoms. The van der Waals surface area contributed by atoms with Crippen LogP contribution >= 0.6 is 34.8 Å². The molecule has 0 amide bonds. The Morgan fingerprint density at radius 2 is 1.75 bits per heavy atom. The minimum atomic E-state index is 0.366. The summed E-state index contributed by atoms with van der Waals surface area (Å²) >= 11 is 18.5. The molecule has 0 saturated carbocycles. The van der Waals surface area contributed by atoms with Gasteiger partial charge >= 0.3 is 0 Å². The van der Waals surface area contributed by atoms with Crippen LogP contribution in [-0.4, -0.2) is 9.97 Å². The van der Waals surface area contributed by atoms with Gasteiger partial charge in [-0.2, -0.15) is 0 Å². The van der Waals surface area contributed by atoms with Gasteiger partial charge in [0.15, 0.2) is 5.82 Å². The zero-order chi connectivity index (χ0) is 14.3. The first-order valence-corrected chi connectivity index (χ1v) is 7.08. The molecule has 100 valence electrons. The van der Waals surface area contributed by atoms with E-state index in [1.54, 1.807) is 12.1 Å². The van der Waals surface area contributed by atoms with Gasteiger partial charge in [0.05, 0.1) is 10.5 Å². The molecule has 1 aromatic heterocycles. The van der Waals surface area contributed by atoms with Crippen molar-refractivity contribution in [3.05, 3.63) is 57.2 Å². The zero-order valence-electron chi connectivity index (χ0n) is 10.5. The molecule has 2 aromatic carbocycles.